The van der Waals surface area contributed by atoms with Crippen LogP contribution in [0.3, 0.4) is 0 Å². The predicted molar refractivity (Wildman–Crippen MR) is 85.7 cm³/mol. The number of aryl methyl sites for hydroxylation is 1. The average molecular weight is 342 g/mol. The lowest BCUT2D eigenvalue weighted by Gasteiger charge is -2.39. The molecule has 24 heavy (non-hydrogen) atoms. The molecule has 0 bridgehead atoms. The van der Waals surface area contributed by atoms with Gasteiger partial charge in [0.25, 0.3) is 0 Å². The van der Waals surface area contributed by atoms with Crippen molar-refractivity contribution in [2.24, 2.45) is 0 Å². The van der Waals surface area contributed by atoms with Gasteiger partial charge in [-0.15, -0.1) is 0 Å². The summed E-state index contributed by atoms with van der Waals surface area (Å²) in [6.45, 7) is 1.59. The zero-order valence-electron chi connectivity index (χ0n) is 13.7. The van der Waals surface area contributed by atoms with Crippen LogP contribution in [0.15, 0.2) is 18.2 Å². The second kappa shape index (κ2) is 8.64. The fourth-order valence-corrected chi connectivity index (χ4v) is 2.73. The monoisotopic (exact) mass is 342 g/mol. The lowest BCUT2D eigenvalue weighted by atomic mass is 9.99. The van der Waals surface area contributed by atoms with E-state index in [1.165, 1.54) is 6.07 Å². The molecule has 5 atom stereocenters. The number of unbranched alkanes of at least 4 members (excludes halogenated alkanes) is 2. The van der Waals surface area contributed by atoms with Gasteiger partial charge < -0.3 is 35.0 Å². The van der Waals surface area contributed by atoms with Crippen LogP contribution < -0.4 is 4.74 Å². The van der Waals surface area contributed by atoms with E-state index < -0.39 is 37.3 Å². The van der Waals surface area contributed by atoms with Gasteiger partial charge in [-0.1, -0.05) is 19.8 Å². The third-order valence-electron chi connectivity index (χ3n) is 4.12. The number of hydrogen-bond donors (Lipinski definition) is 5. The maximum Gasteiger partial charge on any atom is 0.229 e. The van der Waals surface area contributed by atoms with Crippen molar-refractivity contribution in [1.82, 2.24) is 0 Å². The van der Waals surface area contributed by atoms with Crippen molar-refractivity contribution in [3.05, 3.63) is 23.8 Å². The Kier molecular flexibility index (Phi) is 6.82. The van der Waals surface area contributed by atoms with E-state index in [4.69, 9.17) is 9.47 Å². The van der Waals surface area contributed by atoms with Crippen LogP contribution in [0, 0.1) is 0 Å². The number of phenols is 1. The number of ether oxygens (including phenoxy) is 2. The first-order valence-electron chi connectivity index (χ1n) is 8.26. The number of rotatable bonds is 7. The van der Waals surface area contributed by atoms with Gasteiger partial charge in [-0.3, -0.25) is 0 Å². The van der Waals surface area contributed by atoms with Gasteiger partial charge in [-0.05, 0) is 30.5 Å². The van der Waals surface area contributed by atoms with Crippen LogP contribution in [-0.2, 0) is 11.2 Å². The molecule has 1 heterocycles. The highest BCUT2D eigenvalue weighted by Gasteiger charge is 2.44. The van der Waals surface area contributed by atoms with E-state index in [0.29, 0.717) is 0 Å². The molecule has 0 saturated carbocycles. The number of aliphatic hydroxyl groups is 4. The standard InChI is InChI=1S/C17H26O7/c1-2-3-4-5-10-6-11(19)8-12(7-10)23-17-16(22)15(21)14(20)13(9-18)24-17/h6-8,13-22H,2-5,9H2,1H3. The fraction of sp³-hybridized carbons (Fsp3) is 0.647. The first-order chi connectivity index (χ1) is 11.5. The Balaban J connectivity index is 2.08. The lowest BCUT2D eigenvalue weighted by molar-refractivity contribution is -0.277. The molecule has 1 aromatic rings. The van der Waals surface area contributed by atoms with E-state index in [0.717, 1.165) is 31.2 Å². The second-order valence-electron chi connectivity index (χ2n) is 6.11. The normalized spacial score (nSPS) is 30.3. The molecule has 2 rings (SSSR count). The van der Waals surface area contributed by atoms with E-state index in [9.17, 15) is 25.5 Å². The molecule has 1 aliphatic heterocycles. The summed E-state index contributed by atoms with van der Waals surface area (Å²) in [4.78, 5) is 0. The lowest BCUT2D eigenvalue weighted by Crippen LogP contribution is -2.60. The van der Waals surface area contributed by atoms with Gasteiger partial charge in [-0.2, -0.15) is 0 Å². The first kappa shape index (κ1) is 19.0. The molecule has 0 radical (unpaired) electrons. The zero-order chi connectivity index (χ0) is 17.7. The Morgan fingerprint density at radius 3 is 2.46 bits per heavy atom. The molecule has 136 valence electrons. The molecule has 0 amide bonds. The second-order valence-corrected chi connectivity index (χ2v) is 6.11. The molecule has 0 spiro atoms. The predicted octanol–water partition coefficient (Wildman–Crippen LogP) is 0.304. The van der Waals surface area contributed by atoms with Crippen molar-refractivity contribution in [3.8, 4) is 11.5 Å². The van der Waals surface area contributed by atoms with E-state index >= 15 is 0 Å². The van der Waals surface area contributed by atoms with Crippen LogP contribution in [-0.4, -0.2) is 62.8 Å². The Morgan fingerprint density at radius 2 is 1.79 bits per heavy atom. The van der Waals surface area contributed by atoms with E-state index in [1.807, 2.05) is 0 Å². The highest BCUT2D eigenvalue weighted by Crippen LogP contribution is 2.28. The molecule has 1 fully saturated rings. The Hall–Kier alpha value is -1.38. The molecule has 7 nitrogen and oxygen atoms in total. The largest absolute Gasteiger partial charge is 0.508 e. The third kappa shape index (κ3) is 4.58. The summed E-state index contributed by atoms with van der Waals surface area (Å²) < 4.78 is 10.8. The average Bonchev–Trinajstić information content (AvgIpc) is 2.55. The summed E-state index contributed by atoms with van der Waals surface area (Å²) in [7, 11) is 0. The van der Waals surface area contributed by atoms with Gasteiger partial charge in [0.15, 0.2) is 0 Å². The summed E-state index contributed by atoms with van der Waals surface area (Å²) in [6.07, 6.45) is -2.76. The van der Waals surface area contributed by atoms with Crippen molar-refractivity contribution < 1.29 is 35.0 Å². The SMILES string of the molecule is CCCCCc1cc(O)cc(OC2OC(CO)C(O)C(O)C2O)c1. The number of benzene rings is 1. The summed E-state index contributed by atoms with van der Waals surface area (Å²) in [5, 5.41) is 48.5. The summed E-state index contributed by atoms with van der Waals surface area (Å²) >= 11 is 0. The molecule has 0 aromatic heterocycles. The fourth-order valence-electron chi connectivity index (χ4n) is 2.73. The van der Waals surface area contributed by atoms with E-state index in [2.05, 4.69) is 6.92 Å². The van der Waals surface area contributed by atoms with Crippen LogP contribution in [0.4, 0.5) is 0 Å². The topological polar surface area (TPSA) is 120 Å². The maximum absolute atomic E-state index is 9.99. The minimum atomic E-state index is -1.50. The van der Waals surface area contributed by atoms with Crippen LogP contribution >= 0.6 is 0 Å². The van der Waals surface area contributed by atoms with Crippen molar-refractivity contribution in [2.45, 2.75) is 63.3 Å². The minimum Gasteiger partial charge on any atom is -0.508 e. The summed E-state index contributed by atoms with van der Waals surface area (Å²) in [6, 6.07) is 4.76. The summed E-state index contributed by atoms with van der Waals surface area (Å²) in [5.74, 6) is 0.314. The molecule has 1 aromatic carbocycles. The molecule has 1 saturated heterocycles. The number of aromatic hydroxyl groups is 1. The van der Waals surface area contributed by atoms with Gasteiger partial charge in [0, 0.05) is 6.07 Å². The Morgan fingerprint density at radius 1 is 1.04 bits per heavy atom. The quantitative estimate of drug-likeness (QED) is 0.452. The van der Waals surface area contributed by atoms with Gasteiger partial charge in [0.05, 0.1) is 6.61 Å². The van der Waals surface area contributed by atoms with Crippen molar-refractivity contribution >= 4 is 0 Å². The molecular weight excluding hydrogens is 316 g/mol. The van der Waals surface area contributed by atoms with Crippen LogP contribution in [0.2, 0.25) is 0 Å². The molecule has 1 aliphatic rings. The molecule has 5 unspecified atom stereocenters. The summed E-state index contributed by atoms with van der Waals surface area (Å²) in [5.41, 5.74) is 0.892. The van der Waals surface area contributed by atoms with Crippen LogP contribution in [0.5, 0.6) is 11.5 Å². The number of hydrogen-bond acceptors (Lipinski definition) is 7. The molecular formula is C17H26O7. The van der Waals surface area contributed by atoms with Gasteiger partial charge in [0.2, 0.25) is 6.29 Å². The number of aliphatic hydroxyl groups excluding tert-OH is 4. The minimum absolute atomic E-state index is 0.0311. The molecule has 7 heteroatoms. The van der Waals surface area contributed by atoms with E-state index in [-0.39, 0.29) is 11.5 Å². The van der Waals surface area contributed by atoms with Gasteiger partial charge in [0.1, 0.15) is 35.9 Å². The molecule has 0 aliphatic carbocycles. The smallest absolute Gasteiger partial charge is 0.229 e. The maximum atomic E-state index is 9.99. The highest BCUT2D eigenvalue weighted by molar-refractivity contribution is 5.37. The van der Waals surface area contributed by atoms with Crippen LogP contribution in [0.1, 0.15) is 31.7 Å². The van der Waals surface area contributed by atoms with Crippen molar-refractivity contribution in [2.75, 3.05) is 6.61 Å². The van der Waals surface area contributed by atoms with Crippen molar-refractivity contribution in [1.29, 1.82) is 0 Å². The Bertz CT molecular complexity index is 520. The van der Waals surface area contributed by atoms with E-state index in [1.54, 1.807) is 12.1 Å². The van der Waals surface area contributed by atoms with Crippen molar-refractivity contribution in [3.63, 3.8) is 0 Å². The van der Waals surface area contributed by atoms with Crippen LogP contribution in [0.25, 0.3) is 0 Å². The third-order valence-corrected chi connectivity index (χ3v) is 4.12. The highest BCUT2D eigenvalue weighted by atomic mass is 16.7. The van der Waals surface area contributed by atoms with Gasteiger partial charge >= 0.3 is 0 Å². The Labute approximate surface area is 141 Å². The number of phenolic OH excluding ortho intramolecular Hbond substituents is 1. The molecule has 5 N–H and O–H groups in total. The van der Waals surface area contributed by atoms with Gasteiger partial charge in [-0.25, -0.2) is 0 Å². The zero-order valence-corrected chi connectivity index (χ0v) is 13.7. The first-order valence-corrected chi connectivity index (χ1v) is 8.26.